The zero-order valence-corrected chi connectivity index (χ0v) is 35.6. The molecule has 2 aliphatic heterocycles. The third-order valence-corrected chi connectivity index (χ3v) is 12.1. The molecule has 0 amide bonds. The van der Waals surface area contributed by atoms with E-state index in [1.807, 2.05) is 140 Å². The van der Waals surface area contributed by atoms with Crippen LogP contribution < -0.4 is 4.74 Å². The van der Waals surface area contributed by atoms with E-state index in [-0.39, 0.29) is 32.2 Å². The number of aryl methyl sites for hydroxylation is 1. The number of benzene rings is 5. The van der Waals surface area contributed by atoms with Gasteiger partial charge in [-0.05, 0) is 84.7 Å². The first kappa shape index (κ1) is 43.3. The van der Waals surface area contributed by atoms with Crippen molar-refractivity contribution in [1.82, 2.24) is 4.90 Å². The second-order valence-electron chi connectivity index (χ2n) is 16.4. The number of hydrogen-bond donors (Lipinski definition) is 1. The minimum absolute atomic E-state index is 0.120. The van der Waals surface area contributed by atoms with Gasteiger partial charge in [0.1, 0.15) is 30.2 Å². The topological polar surface area (TPSA) is 95.9 Å². The van der Waals surface area contributed by atoms with Crippen LogP contribution in [-0.2, 0) is 60.3 Å². The quantitative estimate of drug-likeness (QED) is 0.0876. The van der Waals surface area contributed by atoms with Gasteiger partial charge in [-0.3, -0.25) is 4.79 Å². The Balaban J connectivity index is 1.14. The highest BCUT2D eigenvalue weighted by atomic mass is 16.7. The van der Waals surface area contributed by atoms with Gasteiger partial charge in [-0.1, -0.05) is 133 Å². The summed E-state index contributed by atoms with van der Waals surface area (Å²) in [6.45, 7) is 3.95. The van der Waals surface area contributed by atoms with Crippen molar-refractivity contribution in [3.8, 4) is 5.75 Å². The van der Waals surface area contributed by atoms with Gasteiger partial charge in [0, 0.05) is 24.4 Å². The van der Waals surface area contributed by atoms with Gasteiger partial charge in [-0.2, -0.15) is 0 Å². The van der Waals surface area contributed by atoms with Gasteiger partial charge >= 0.3 is 0 Å². The van der Waals surface area contributed by atoms with Gasteiger partial charge < -0.3 is 38.4 Å². The lowest BCUT2D eigenvalue weighted by Gasteiger charge is -2.49. The van der Waals surface area contributed by atoms with Crippen LogP contribution in [-0.4, -0.2) is 72.8 Å². The molecule has 0 aromatic heterocycles. The van der Waals surface area contributed by atoms with Crippen LogP contribution in [0.2, 0.25) is 0 Å². The number of allylic oxidation sites excluding steroid dienone is 1. The Bertz CT molecular complexity index is 2240. The molecule has 6 atom stereocenters. The molecule has 0 spiro atoms. The number of nitrogens with zero attached hydrogens (tertiary/aromatic N) is 1. The monoisotopic (exact) mass is 835 g/mol. The second-order valence-corrected chi connectivity index (χ2v) is 16.4. The van der Waals surface area contributed by atoms with E-state index in [9.17, 15) is 5.11 Å². The fourth-order valence-corrected chi connectivity index (χ4v) is 8.58. The largest absolute Gasteiger partial charge is 0.497 e. The van der Waals surface area contributed by atoms with E-state index in [1.165, 1.54) is 5.56 Å². The fourth-order valence-electron chi connectivity index (χ4n) is 8.58. The minimum Gasteiger partial charge on any atom is -0.497 e. The molecule has 62 heavy (non-hydrogen) atoms. The smallest absolute Gasteiger partial charge is 0.201 e. The Morgan fingerprint density at radius 1 is 0.677 bits per heavy atom. The van der Waals surface area contributed by atoms with Gasteiger partial charge in [-0.25, -0.2) is 0 Å². The first-order valence-corrected chi connectivity index (χ1v) is 21.7. The van der Waals surface area contributed by atoms with Crippen molar-refractivity contribution in [1.29, 1.82) is 0 Å². The number of ether oxygens (including phenoxy) is 6. The van der Waals surface area contributed by atoms with Crippen molar-refractivity contribution in [3.63, 3.8) is 0 Å². The summed E-state index contributed by atoms with van der Waals surface area (Å²) in [6, 6.07) is 47.4. The maximum Gasteiger partial charge on any atom is 0.201 e. The Kier molecular flexibility index (Phi) is 14.1. The summed E-state index contributed by atoms with van der Waals surface area (Å²) in [4.78, 5) is 17.7. The number of Topliss-reactive ketones (excluding diaryl/α,β-unsaturated/α-hetero) is 1. The number of rotatable bonds is 19. The molecular weight excluding hydrogens is 779 g/mol. The van der Waals surface area contributed by atoms with E-state index < -0.39 is 35.8 Å². The molecule has 1 unspecified atom stereocenters. The number of likely N-dealkylation sites (tertiary alicyclic amines) is 1. The van der Waals surface area contributed by atoms with Crippen LogP contribution >= 0.6 is 0 Å². The molecule has 3 aliphatic rings. The summed E-state index contributed by atoms with van der Waals surface area (Å²) >= 11 is 0. The van der Waals surface area contributed by atoms with Crippen molar-refractivity contribution in [3.05, 3.63) is 197 Å². The Hall–Kier alpha value is -5.39. The summed E-state index contributed by atoms with van der Waals surface area (Å²) < 4.78 is 39.4. The van der Waals surface area contributed by atoms with Gasteiger partial charge in [0.25, 0.3) is 0 Å². The predicted octanol–water partition coefficient (Wildman–Crippen LogP) is 8.89. The first-order valence-electron chi connectivity index (χ1n) is 21.7. The second kappa shape index (κ2) is 20.2. The highest BCUT2D eigenvalue weighted by Crippen LogP contribution is 2.42. The van der Waals surface area contributed by atoms with Gasteiger partial charge in [0.15, 0.2) is 11.4 Å². The molecule has 0 saturated carbocycles. The van der Waals surface area contributed by atoms with E-state index >= 15 is 4.79 Å². The van der Waals surface area contributed by atoms with Crippen molar-refractivity contribution in [2.24, 2.45) is 0 Å². The molecule has 8 rings (SSSR count). The number of aliphatic hydroxyl groups is 1. The van der Waals surface area contributed by atoms with E-state index in [0.29, 0.717) is 17.7 Å². The van der Waals surface area contributed by atoms with Crippen LogP contribution in [0, 0.1) is 0 Å². The summed E-state index contributed by atoms with van der Waals surface area (Å²) in [5.41, 5.74) is 4.92. The molecule has 1 N–H and O–H groups in total. The van der Waals surface area contributed by atoms with Crippen molar-refractivity contribution >= 4 is 5.78 Å². The average Bonchev–Trinajstić information content (AvgIpc) is 3.29. The maximum absolute atomic E-state index is 15.4. The summed E-state index contributed by atoms with van der Waals surface area (Å²) in [6.07, 6.45) is 3.77. The molecule has 9 nitrogen and oxygen atoms in total. The molecule has 0 bridgehead atoms. The molecule has 322 valence electrons. The van der Waals surface area contributed by atoms with Gasteiger partial charge in [-0.15, -0.1) is 0 Å². The lowest BCUT2D eigenvalue weighted by atomic mass is 9.78. The van der Waals surface area contributed by atoms with Crippen LogP contribution in [0.25, 0.3) is 0 Å². The number of hydrogen-bond acceptors (Lipinski definition) is 9. The van der Waals surface area contributed by atoms with E-state index in [2.05, 4.69) is 23.1 Å². The van der Waals surface area contributed by atoms with Crippen LogP contribution in [0.4, 0.5) is 0 Å². The van der Waals surface area contributed by atoms with Crippen LogP contribution in [0.15, 0.2) is 169 Å². The molecule has 0 radical (unpaired) electrons. The van der Waals surface area contributed by atoms with E-state index in [4.69, 9.17) is 28.4 Å². The van der Waals surface area contributed by atoms with E-state index in [0.717, 1.165) is 60.3 Å². The van der Waals surface area contributed by atoms with Gasteiger partial charge in [0.05, 0.1) is 33.5 Å². The highest BCUT2D eigenvalue weighted by molar-refractivity contribution is 6.06. The Morgan fingerprint density at radius 3 is 1.74 bits per heavy atom. The molecule has 5 aromatic rings. The maximum atomic E-state index is 15.4. The lowest BCUT2D eigenvalue weighted by Crippen LogP contribution is -2.66. The summed E-state index contributed by atoms with van der Waals surface area (Å²) in [5, 5.41) is 12.3. The summed E-state index contributed by atoms with van der Waals surface area (Å²) in [5.74, 6) is -1.30. The average molecular weight is 836 g/mol. The lowest BCUT2D eigenvalue weighted by molar-refractivity contribution is -0.365. The zero-order chi connectivity index (χ0) is 42.8. The highest BCUT2D eigenvalue weighted by Gasteiger charge is 2.55. The van der Waals surface area contributed by atoms with Crippen LogP contribution in [0.3, 0.4) is 0 Å². The molecule has 5 aromatic carbocycles. The molecule has 2 saturated heterocycles. The zero-order valence-electron chi connectivity index (χ0n) is 35.6. The van der Waals surface area contributed by atoms with Crippen molar-refractivity contribution < 1.29 is 38.3 Å². The third-order valence-electron chi connectivity index (χ3n) is 12.1. The number of carbonyl (C=O) groups is 1. The van der Waals surface area contributed by atoms with Crippen molar-refractivity contribution in [2.45, 2.75) is 88.2 Å². The third kappa shape index (κ3) is 10.1. The van der Waals surface area contributed by atoms with Crippen LogP contribution in [0.5, 0.6) is 5.75 Å². The molecule has 2 fully saturated rings. The molecule has 9 heteroatoms. The molecule has 2 heterocycles. The number of methoxy groups -OCH3 is 1. The molecular formula is C53H57NO8. The Morgan fingerprint density at radius 2 is 1.21 bits per heavy atom. The Labute approximate surface area is 365 Å². The minimum atomic E-state index is -1.84. The first-order chi connectivity index (χ1) is 30.3. The summed E-state index contributed by atoms with van der Waals surface area (Å²) in [7, 11) is 1.62. The number of carbonyl (C=O) groups excluding carboxylic acids is 1. The van der Waals surface area contributed by atoms with E-state index in [1.54, 1.807) is 14.0 Å². The SMILES string of the molecule is COc1ccc(C2(OC[C@H]3O[C@](C)(O)[C@H](OCc4ccccc4)[C@@H](OCc4ccccc4)[C@@H]3OCc3ccccc3)C=CC(N3CCC3)=C(CCCc3ccccc3)C2=O)cc1. The van der Waals surface area contributed by atoms with Gasteiger partial charge in [0.2, 0.25) is 5.78 Å². The fraction of sp³-hybridized carbons (Fsp3) is 0.340. The predicted molar refractivity (Wildman–Crippen MR) is 238 cm³/mol. The molecule has 1 aliphatic carbocycles. The van der Waals surface area contributed by atoms with Crippen molar-refractivity contribution in [2.75, 3.05) is 26.8 Å². The van der Waals surface area contributed by atoms with Crippen LogP contribution in [0.1, 0.15) is 54.0 Å². The standard InChI is InChI=1S/C53H57NO8/c1-52(56)51(60-37-42-23-13-6-14-24-42)49(59-36-41-21-11-5-12-22-41)48(58-35-40-19-9-4-10-20-40)47(62-52)38-61-53(43-27-29-44(57-2)30-28-43)32-31-46(54-33-16-34-54)45(50(53)55)26-15-25-39-17-7-3-8-18-39/h3-14,17-24,27-32,47-49,51,56H,15-16,25-26,33-38H2,1-2H3/t47-,48-,49+,51-,52+,53?/m1/s1. The number of ketones is 1. The normalized spacial score (nSPS) is 24.8.